The zero-order valence-corrected chi connectivity index (χ0v) is 11.1. The van der Waals surface area contributed by atoms with Crippen molar-refractivity contribution in [1.82, 2.24) is 9.55 Å². The first kappa shape index (κ1) is 11.9. The van der Waals surface area contributed by atoms with Gasteiger partial charge in [-0.1, -0.05) is 12.1 Å². The van der Waals surface area contributed by atoms with Crippen LogP contribution in [0.25, 0.3) is 11.0 Å². The van der Waals surface area contributed by atoms with Gasteiger partial charge in [-0.25, -0.2) is 9.78 Å². The van der Waals surface area contributed by atoms with Gasteiger partial charge in [0.2, 0.25) is 0 Å². The van der Waals surface area contributed by atoms with Crippen LogP contribution < -0.4 is 0 Å². The number of aromatic nitrogens is 2. The maximum atomic E-state index is 11.3. The summed E-state index contributed by atoms with van der Waals surface area (Å²) in [6, 6.07) is 9.28. The van der Waals surface area contributed by atoms with E-state index in [0.717, 1.165) is 0 Å². The third kappa shape index (κ3) is 1.92. The smallest absolute Gasteiger partial charge is 0.337 e. The van der Waals surface area contributed by atoms with E-state index < -0.39 is 5.97 Å². The highest BCUT2D eigenvalue weighted by atomic mass is 32.1. The van der Waals surface area contributed by atoms with Gasteiger partial charge < -0.3 is 9.67 Å². The van der Waals surface area contributed by atoms with Gasteiger partial charge in [0.25, 0.3) is 0 Å². The van der Waals surface area contributed by atoms with Crippen LogP contribution in [0, 0.1) is 0 Å². The van der Waals surface area contributed by atoms with Crippen LogP contribution in [-0.4, -0.2) is 20.6 Å². The van der Waals surface area contributed by atoms with Gasteiger partial charge in [-0.05, 0) is 30.5 Å². The molecule has 0 bridgehead atoms. The Balaban J connectivity index is 2.22. The van der Waals surface area contributed by atoms with Crippen LogP contribution >= 0.6 is 11.3 Å². The van der Waals surface area contributed by atoms with Crippen molar-refractivity contribution in [2.45, 2.75) is 13.0 Å². The zero-order valence-electron chi connectivity index (χ0n) is 10.3. The molecule has 0 saturated carbocycles. The molecule has 1 atom stereocenters. The molecule has 3 rings (SSSR count). The first-order valence-electron chi connectivity index (χ1n) is 5.90. The second-order valence-corrected chi connectivity index (χ2v) is 5.30. The maximum absolute atomic E-state index is 11.3. The molecular formula is C14H12N2O2S. The number of hydrogen-bond acceptors (Lipinski definition) is 3. The molecule has 96 valence electrons. The number of aromatic carboxylic acids is 1. The summed E-state index contributed by atoms with van der Waals surface area (Å²) >= 11 is 1.66. The normalized spacial score (nSPS) is 12.7. The van der Waals surface area contributed by atoms with E-state index >= 15 is 0 Å². The number of para-hydroxylation sites is 1. The van der Waals surface area contributed by atoms with Gasteiger partial charge in [-0.2, -0.15) is 0 Å². The molecule has 2 aromatic heterocycles. The molecule has 0 aliphatic heterocycles. The quantitative estimate of drug-likeness (QED) is 0.795. The highest BCUT2D eigenvalue weighted by molar-refractivity contribution is 7.10. The minimum absolute atomic E-state index is 0.0745. The lowest BCUT2D eigenvalue weighted by Gasteiger charge is -2.13. The molecule has 2 heterocycles. The average Bonchev–Trinajstić information content (AvgIpc) is 3.06. The van der Waals surface area contributed by atoms with E-state index in [9.17, 15) is 9.90 Å². The minimum Gasteiger partial charge on any atom is -0.478 e. The van der Waals surface area contributed by atoms with E-state index in [4.69, 9.17) is 0 Å². The van der Waals surface area contributed by atoms with E-state index in [1.807, 2.05) is 35.1 Å². The summed E-state index contributed by atoms with van der Waals surface area (Å²) in [5.74, 6) is -0.925. The largest absolute Gasteiger partial charge is 0.478 e. The second-order valence-electron chi connectivity index (χ2n) is 4.32. The number of nitrogens with zero attached hydrogens (tertiary/aromatic N) is 2. The van der Waals surface area contributed by atoms with Gasteiger partial charge in [0, 0.05) is 4.88 Å². The Morgan fingerprint density at radius 2 is 2.21 bits per heavy atom. The van der Waals surface area contributed by atoms with Gasteiger partial charge in [0.1, 0.15) is 0 Å². The molecule has 3 aromatic rings. The Labute approximate surface area is 113 Å². The van der Waals surface area contributed by atoms with Crippen LogP contribution in [0.3, 0.4) is 0 Å². The topological polar surface area (TPSA) is 55.1 Å². The summed E-state index contributed by atoms with van der Waals surface area (Å²) in [4.78, 5) is 16.8. The molecule has 1 aromatic carbocycles. The van der Waals surface area contributed by atoms with Crippen molar-refractivity contribution in [3.05, 3.63) is 52.5 Å². The van der Waals surface area contributed by atoms with E-state index in [0.29, 0.717) is 16.6 Å². The van der Waals surface area contributed by atoms with Crippen molar-refractivity contribution >= 4 is 28.3 Å². The Bertz CT molecular complexity index is 731. The molecule has 1 unspecified atom stereocenters. The summed E-state index contributed by atoms with van der Waals surface area (Å²) in [6.07, 6.45) is 1.71. The van der Waals surface area contributed by atoms with E-state index in [1.54, 1.807) is 29.8 Å². The van der Waals surface area contributed by atoms with Crippen LogP contribution in [0.1, 0.15) is 28.2 Å². The van der Waals surface area contributed by atoms with Crippen molar-refractivity contribution in [1.29, 1.82) is 0 Å². The standard InChI is InChI=1S/C14H12N2O2S/c1-9(12-6-3-7-19-12)16-8-15-11-5-2-4-10(13(11)16)14(17)18/h2-9H,1H3,(H,17,18). The molecule has 4 nitrogen and oxygen atoms in total. The lowest BCUT2D eigenvalue weighted by Crippen LogP contribution is -2.07. The lowest BCUT2D eigenvalue weighted by molar-refractivity contribution is 0.0698. The fourth-order valence-corrected chi connectivity index (χ4v) is 3.00. The Morgan fingerprint density at radius 1 is 1.37 bits per heavy atom. The molecule has 5 heteroatoms. The molecular weight excluding hydrogens is 260 g/mol. The molecule has 0 radical (unpaired) electrons. The summed E-state index contributed by atoms with van der Waals surface area (Å²) in [5.41, 5.74) is 1.68. The molecule has 0 saturated heterocycles. The van der Waals surface area contributed by atoms with Gasteiger partial charge in [-0.3, -0.25) is 0 Å². The molecule has 0 fully saturated rings. The number of thiophene rings is 1. The van der Waals surface area contributed by atoms with Crippen molar-refractivity contribution in [3.8, 4) is 0 Å². The fraction of sp³-hybridized carbons (Fsp3) is 0.143. The number of rotatable bonds is 3. The predicted octanol–water partition coefficient (Wildman–Crippen LogP) is 3.41. The summed E-state index contributed by atoms with van der Waals surface area (Å²) in [7, 11) is 0. The van der Waals surface area contributed by atoms with Crippen LogP contribution in [0.4, 0.5) is 0 Å². The maximum Gasteiger partial charge on any atom is 0.337 e. The van der Waals surface area contributed by atoms with Gasteiger partial charge in [0.15, 0.2) is 0 Å². The zero-order chi connectivity index (χ0) is 13.4. The Kier molecular flexibility index (Phi) is 2.83. The van der Waals surface area contributed by atoms with Crippen molar-refractivity contribution < 1.29 is 9.90 Å². The average molecular weight is 272 g/mol. The van der Waals surface area contributed by atoms with E-state index in [1.165, 1.54) is 4.88 Å². The van der Waals surface area contributed by atoms with Gasteiger partial charge in [-0.15, -0.1) is 11.3 Å². The number of fused-ring (bicyclic) bond motifs is 1. The monoisotopic (exact) mass is 272 g/mol. The molecule has 1 N–H and O–H groups in total. The Hall–Kier alpha value is -2.14. The molecule has 19 heavy (non-hydrogen) atoms. The molecule has 0 spiro atoms. The third-order valence-corrected chi connectivity index (χ3v) is 4.24. The van der Waals surface area contributed by atoms with Crippen molar-refractivity contribution in [2.24, 2.45) is 0 Å². The van der Waals surface area contributed by atoms with Gasteiger partial charge in [0.05, 0.1) is 29.0 Å². The number of imidazole rings is 1. The van der Waals surface area contributed by atoms with Crippen LogP contribution in [-0.2, 0) is 0 Å². The fourth-order valence-electron chi connectivity index (χ4n) is 2.22. The molecule has 0 aliphatic rings. The van der Waals surface area contributed by atoms with Crippen LogP contribution in [0.5, 0.6) is 0 Å². The van der Waals surface area contributed by atoms with Crippen LogP contribution in [0.15, 0.2) is 42.0 Å². The number of carboxylic acid groups (broad SMARTS) is 1. The first-order chi connectivity index (χ1) is 9.18. The predicted molar refractivity (Wildman–Crippen MR) is 74.8 cm³/mol. The summed E-state index contributed by atoms with van der Waals surface area (Å²) < 4.78 is 1.92. The highest BCUT2D eigenvalue weighted by Gasteiger charge is 2.17. The lowest BCUT2D eigenvalue weighted by atomic mass is 10.1. The highest BCUT2D eigenvalue weighted by Crippen LogP contribution is 2.28. The minimum atomic E-state index is -0.925. The van der Waals surface area contributed by atoms with Gasteiger partial charge >= 0.3 is 5.97 Å². The number of carbonyl (C=O) groups is 1. The summed E-state index contributed by atoms with van der Waals surface area (Å²) in [6.45, 7) is 2.05. The second kappa shape index (κ2) is 4.51. The summed E-state index contributed by atoms with van der Waals surface area (Å²) in [5, 5.41) is 11.3. The first-order valence-corrected chi connectivity index (χ1v) is 6.78. The SMILES string of the molecule is CC(c1cccs1)n1cnc2cccc(C(=O)O)c21. The number of benzene rings is 1. The third-order valence-electron chi connectivity index (χ3n) is 3.20. The van der Waals surface area contributed by atoms with Crippen LogP contribution in [0.2, 0.25) is 0 Å². The number of carboxylic acids is 1. The Morgan fingerprint density at radius 3 is 2.89 bits per heavy atom. The van der Waals surface area contributed by atoms with Crippen molar-refractivity contribution in [2.75, 3.05) is 0 Å². The van der Waals surface area contributed by atoms with Crippen molar-refractivity contribution in [3.63, 3.8) is 0 Å². The van der Waals surface area contributed by atoms with E-state index in [2.05, 4.69) is 4.98 Å². The molecule has 0 amide bonds. The molecule has 0 aliphatic carbocycles. The van der Waals surface area contributed by atoms with E-state index in [-0.39, 0.29) is 6.04 Å². The number of hydrogen-bond donors (Lipinski definition) is 1.